The van der Waals surface area contributed by atoms with Crippen LogP contribution in [-0.4, -0.2) is 4.98 Å². The van der Waals surface area contributed by atoms with Crippen molar-refractivity contribution in [1.82, 2.24) is 4.98 Å². The third kappa shape index (κ3) is 1.91. The number of aromatic amines is 1. The lowest BCUT2D eigenvalue weighted by atomic mass is 10.1. The van der Waals surface area contributed by atoms with Crippen LogP contribution in [-0.2, 0) is 0 Å². The SMILES string of the molecule is CC.CC1=c2oc(=O)[nH]c2=CCC1. The molecule has 0 amide bonds. The van der Waals surface area contributed by atoms with Crippen LogP contribution in [0.15, 0.2) is 9.21 Å². The van der Waals surface area contributed by atoms with E-state index < -0.39 is 0 Å². The van der Waals surface area contributed by atoms with Crippen LogP contribution >= 0.6 is 0 Å². The minimum absolute atomic E-state index is 0.354. The van der Waals surface area contributed by atoms with Gasteiger partial charge < -0.3 is 4.42 Å². The first-order valence-corrected chi connectivity index (χ1v) is 4.66. The molecule has 0 aromatic carbocycles. The van der Waals surface area contributed by atoms with E-state index in [4.69, 9.17) is 4.42 Å². The summed E-state index contributed by atoms with van der Waals surface area (Å²) in [5.41, 5.74) is 1.89. The Morgan fingerprint density at radius 2 is 2.15 bits per heavy atom. The molecule has 0 spiro atoms. The molecule has 0 fully saturated rings. The van der Waals surface area contributed by atoms with Crippen LogP contribution in [0.5, 0.6) is 0 Å². The number of oxazole rings is 1. The lowest BCUT2D eigenvalue weighted by molar-refractivity contribution is 0.481. The van der Waals surface area contributed by atoms with Gasteiger partial charge in [-0.05, 0) is 25.3 Å². The van der Waals surface area contributed by atoms with Crippen LogP contribution in [0.4, 0.5) is 0 Å². The normalized spacial score (nSPS) is 13.9. The van der Waals surface area contributed by atoms with Gasteiger partial charge in [-0.25, -0.2) is 4.79 Å². The van der Waals surface area contributed by atoms with Crippen molar-refractivity contribution in [2.45, 2.75) is 33.6 Å². The first kappa shape index (κ1) is 9.84. The highest BCUT2D eigenvalue weighted by Gasteiger charge is 2.03. The molecule has 0 radical (unpaired) electrons. The number of hydrogen-bond donors (Lipinski definition) is 1. The Balaban J connectivity index is 0.000000396. The predicted octanol–water partition coefficient (Wildman–Crippen LogP) is 0.739. The molecule has 2 rings (SSSR count). The molecule has 0 aliphatic heterocycles. The zero-order valence-electron chi connectivity index (χ0n) is 8.31. The zero-order chi connectivity index (χ0) is 9.84. The highest BCUT2D eigenvalue weighted by Crippen LogP contribution is 2.04. The van der Waals surface area contributed by atoms with Gasteiger partial charge >= 0.3 is 5.76 Å². The smallest absolute Gasteiger partial charge is 0.408 e. The molecule has 0 bridgehead atoms. The van der Waals surface area contributed by atoms with Crippen LogP contribution < -0.4 is 16.5 Å². The summed E-state index contributed by atoms with van der Waals surface area (Å²) in [6.45, 7) is 5.99. The first-order valence-electron chi connectivity index (χ1n) is 4.66. The second kappa shape index (κ2) is 4.12. The minimum atomic E-state index is -0.354. The molecule has 1 heterocycles. The molecule has 13 heavy (non-hydrogen) atoms. The van der Waals surface area contributed by atoms with E-state index in [0.717, 1.165) is 29.2 Å². The molecule has 0 unspecified atom stereocenters. The number of rotatable bonds is 0. The van der Waals surface area contributed by atoms with E-state index in [9.17, 15) is 4.79 Å². The van der Waals surface area contributed by atoms with Gasteiger partial charge in [0.05, 0.1) is 5.35 Å². The molecule has 0 saturated carbocycles. The summed E-state index contributed by atoms with van der Waals surface area (Å²) in [4.78, 5) is 13.4. The molecule has 72 valence electrons. The summed E-state index contributed by atoms with van der Waals surface area (Å²) in [6.07, 6.45) is 3.98. The van der Waals surface area contributed by atoms with Gasteiger partial charge in [0.2, 0.25) is 0 Å². The Morgan fingerprint density at radius 3 is 2.77 bits per heavy atom. The van der Waals surface area contributed by atoms with Gasteiger partial charge in [0.15, 0.2) is 5.42 Å². The molecule has 1 N–H and O–H groups in total. The summed E-state index contributed by atoms with van der Waals surface area (Å²) < 4.78 is 4.94. The lowest BCUT2D eigenvalue weighted by Crippen LogP contribution is -2.26. The summed E-state index contributed by atoms with van der Waals surface area (Å²) >= 11 is 0. The van der Waals surface area contributed by atoms with Gasteiger partial charge in [0.25, 0.3) is 0 Å². The van der Waals surface area contributed by atoms with E-state index in [1.54, 1.807) is 0 Å². The molecular formula is C10H15NO2. The van der Waals surface area contributed by atoms with E-state index in [1.165, 1.54) is 0 Å². The number of H-pyrrole nitrogens is 1. The summed E-state index contributed by atoms with van der Waals surface area (Å²) in [7, 11) is 0. The number of nitrogens with one attached hydrogen (secondary N) is 1. The molecule has 1 aromatic heterocycles. The van der Waals surface area contributed by atoms with Crippen LogP contribution in [0.3, 0.4) is 0 Å². The van der Waals surface area contributed by atoms with Crippen LogP contribution in [0.25, 0.3) is 11.6 Å². The maximum Gasteiger partial charge on any atom is 0.417 e. The molecule has 1 aliphatic carbocycles. The fourth-order valence-corrected chi connectivity index (χ4v) is 1.35. The van der Waals surface area contributed by atoms with Crippen LogP contribution in [0.2, 0.25) is 0 Å². The fourth-order valence-electron chi connectivity index (χ4n) is 1.35. The van der Waals surface area contributed by atoms with Crippen LogP contribution in [0, 0.1) is 0 Å². The zero-order valence-corrected chi connectivity index (χ0v) is 8.31. The third-order valence-electron chi connectivity index (χ3n) is 1.93. The molecular weight excluding hydrogens is 166 g/mol. The van der Waals surface area contributed by atoms with Crippen molar-refractivity contribution in [3.63, 3.8) is 0 Å². The third-order valence-corrected chi connectivity index (χ3v) is 1.93. The summed E-state index contributed by atoms with van der Waals surface area (Å²) in [5, 5.41) is 0.846. The van der Waals surface area contributed by atoms with Gasteiger partial charge in [0.1, 0.15) is 0 Å². The number of aromatic nitrogens is 1. The van der Waals surface area contributed by atoms with Crippen molar-refractivity contribution in [3.05, 3.63) is 21.3 Å². The van der Waals surface area contributed by atoms with E-state index >= 15 is 0 Å². The summed E-state index contributed by atoms with van der Waals surface area (Å²) in [6, 6.07) is 0. The van der Waals surface area contributed by atoms with Gasteiger partial charge in [-0.15, -0.1) is 0 Å². The van der Waals surface area contributed by atoms with E-state index in [0.29, 0.717) is 0 Å². The topological polar surface area (TPSA) is 46.0 Å². The molecule has 0 saturated heterocycles. The highest BCUT2D eigenvalue weighted by molar-refractivity contribution is 5.44. The predicted molar refractivity (Wildman–Crippen MR) is 52.7 cm³/mol. The fraction of sp³-hybridized carbons (Fsp3) is 0.500. The lowest BCUT2D eigenvalue weighted by Gasteiger charge is -1.98. The van der Waals surface area contributed by atoms with Gasteiger partial charge in [0, 0.05) is 0 Å². The van der Waals surface area contributed by atoms with Crippen molar-refractivity contribution in [2.75, 3.05) is 0 Å². The summed E-state index contributed by atoms with van der Waals surface area (Å²) in [5.74, 6) is -0.354. The van der Waals surface area contributed by atoms with Gasteiger partial charge in [-0.2, -0.15) is 0 Å². The Kier molecular flexibility index (Phi) is 3.12. The highest BCUT2D eigenvalue weighted by atomic mass is 16.4. The van der Waals surface area contributed by atoms with E-state index in [2.05, 4.69) is 4.98 Å². The quantitative estimate of drug-likeness (QED) is 0.641. The monoisotopic (exact) mass is 181 g/mol. The van der Waals surface area contributed by atoms with Crippen molar-refractivity contribution in [3.8, 4) is 0 Å². The number of hydrogen-bond acceptors (Lipinski definition) is 2. The molecule has 1 aromatic rings. The first-order chi connectivity index (χ1) is 6.27. The number of fused-ring (bicyclic) bond motifs is 1. The Hall–Kier alpha value is -1.25. The Bertz CT molecular complexity index is 436. The van der Waals surface area contributed by atoms with E-state index in [1.807, 2.05) is 26.8 Å². The van der Waals surface area contributed by atoms with Crippen molar-refractivity contribution in [1.29, 1.82) is 0 Å². The average molecular weight is 181 g/mol. The maximum absolute atomic E-state index is 10.7. The van der Waals surface area contributed by atoms with Crippen molar-refractivity contribution in [2.24, 2.45) is 0 Å². The van der Waals surface area contributed by atoms with Crippen molar-refractivity contribution < 1.29 is 4.42 Å². The van der Waals surface area contributed by atoms with Gasteiger partial charge in [-0.1, -0.05) is 19.9 Å². The molecule has 3 nitrogen and oxygen atoms in total. The second-order valence-corrected chi connectivity index (χ2v) is 2.78. The van der Waals surface area contributed by atoms with E-state index in [-0.39, 0.29) is 5.76 Å². The molecule has 0 atom stereocenters. The standard InChI is InChI=1S/C8H9NO2.C2H6/c1-5-3-2-4-6-7(5)11-8(10)9-6;1-2/h4H,2-3H2,1H3,(H,9,10);1-2H3. The van der Waals surface area contributed by atoms with Gasteiger partial charge in [-0.3, -0.25) is 4.98 Å². The molecule has 3 heteroatoms. The average Bonchev–Trinajstić information content (AvgIpc) is 2.51. The van der Waals surface area contributed by atoms with Crippen molar-refractivity contribution >= 4 is 11.6 Å². The Morgan fingerprint density at radius 1 is 1.46 bits per heavy atom. The maximum atomic E-state index is 10.7. The van der Waals surface area contributed by atoms with Crippen LogP contribution in [0.1, 0.15) is 33.6 Å². The second-order valence-electron chi connectivity index (χ2n) is 2.78. The Labute approximate surface area is 76.8 Å². The minimum Gasteiger partial charge on any atom is -0.408 e. The largest absolute Gasteiger partial charge is 0.417 e. The molecule has 1 aliphatic rings.